The molecule has 0 aliphatic carbocycles. The summed E-state index contributed by atoms with van der Waals surface area (Å²) in [6.45, 7) is 4.99. The van der Waals surface area contributed by atoms with Gasteiger partial charge in [0.05, 0.1) is 5.69 Å². The molecule has 1 aromatic carbocycles. The number of hydrogen-bond donors (Lipinski definition) is 3. The van der Waals surface area contributed by atoms with Crippen LogP contribution >= 0.6 is 0 Å². The molecular weight excluding hydrogens is 261 g/mol. The zero-order valence-electron chi connectivity index (χ0n) is 11.9. The molecule has 0 saturated carbocycles. The number of rotatable bonds is 5. The molecular formula is C14H20FN3O2. The molecule has 20 heavy (non-hydrogen) atoms. The molecule has 0 spiro atoms. The summed E-state index contributed by atoms with van der Waals surface area (Å²) in [5, 5.41) is 5.00. The predicted molar refractivity (Wildman–Crippen MR) is 76.8 cm³/mol. The summed E-state index contributed by atoms with van der Waals surface area (Å²) >= 11 is 0. The SMILES string of the molecule is CC(=O)Nc1ccc(F)c(NC(=O)CCC(C)(C)N)c1. The van der Waals surface area contributed by atoms with Crippen LogP contribution in [0.4, 0.5) is 15.8 Å². The number of nitrogens with two attached hydrogens (primary N) is 1. The first-order valence-corrected chi connectivity index (χ1v) is 6.33. The van der Waals surface area contributed by atoms with Crippen molar-refractivity contribution in [3.63, 3.8) is 0 Å². The van der Waals surface area contributed by atoms with E-state index in [0.717, 1.165) is 0 Å². The molecule has 110 valence electrons. The third-order valence-corrected chi connectivity index (χ3v) is 2.56. The van der Waals surface area contributed by atoms with Gasteiger partial charge in [0.2, 0.25) is 11.8 Å². The topological polar surface area (TPSA) is 84.2 Å². The van der Waals surface area contributed by atoms with Crippen LogP contribution < -0.4 is 16.4 Å². The second kappa shape index (κ2) is 6.47. The Morgan fingerprint density at radius 2 is 1.95 bits per heavy atom. The Morgan fingerprint density at radius 1 is 1.30 bits per heavy atom. The summed E-state index contributed by atoms with van der Waals surface area (Å²) in [6, 6.07) is 3.99. The predicted octanol–water partition coefficient (Wildman–Crippen LogP) is 2.24. The molecule has 0 atom stereocenters. The molecule has 0 unspecified atom stereocenters. The van der Waals surface area contributed by atoms with Crippen molar-refractivity contribution in [2.75, 3.05) is 10.6 Å². The molecule has 2 amide bonds. The monoisotopic (exact) mass is 281 g/mol. The maximum Gasteiger partial charge on any atom is 0.224 e. The van der Waals surface area contributed by atoms with Crippen LogP contribution in [-0.2, 0) is 9.59 Å². The van der Waals surface area contributed by atoms with Crippen molar-refractivity contribution >= 4 is 23.2 Å². The average molecular weight is 281 g/mol. The lowest BCUT2D eigenvalue weighted by Crippen LogP contribution is -2.33. The number of anilines is 2. The van der Waals surface area contributed by atoms with E-state index in [-0.39, 0.29) is 23.9 Å². The molecule has 0 aliphatic heterocycles. The maximum atomic E-state index is 13.6. The van der Waals surface area contributed by atoms with E-state index in [0.29, 0.717) is 12.1 Å². The van der Waals surface area contributed by atoms with Gasteiger partial charge in [0.25, 0.3) is 0 Å². The summed E-state index contributed by atoms with van der Waals surface area (Å²) in [6.07, 6.45) is 0.694. The van der Waals surface area contributed by atoms with E-state index in [9.17, 15) is 14.0 Å². The second-order valence-corrected chi connectivity index (χ2v) is 5.41. The van der Waals surface area contributed by atoms with Crippen LogP contribution in [0.25, 0.3) is 0 Å². The van der Waals surface area contributed by atoms with Gasteiger partial charge >= 0.3 is 0 Å². The number of carbonyl (C=O) groups excluding carboxylic acids is 2. The Balaban J connectivity index is 2.71. The lowest BCUT2D eigenvalue weighted by atomic mass is 10.00. The molecule has 0 saturated heterocycles. The average Bonchev–Trinajstić information content (AvgIpc) is 2.29. The quantitative estimate of drug-likeness (QED) is 0.774. The molecule has 0 radical (unpaired) electrons. The summed E-state index contributed by atoms with van der Waals surface area (Å²) in [7, 11) is 0. The van der Waals surface area contributed by atoms with E-state index in [4.69, 9.17) is 5.73 Å². The summed E-state index contributed by atoms with van der Waals surface area (Å²) in [4.78, 5) is 22.7. The third-order valence-electron chi connectivity index (χ3n) is 2.56. The van der Waals surface area contributed by atoms with Crippen LogP contribution in [0.2, 0.25) is 0 Å². The molecule has 4 N–H and O–H groups in total. The lowest BCUT2D eigenvalue weighted by molar-refractivity contribution is -0.116. The van der Waals surface area contributed by atoms with Crippen LogP contribution in [-0.4, -0.2) is 17.4 Å². The molecule has 0 fully saturated rings. The highest BCUT2D eigenvalue weighted by Gasteiger charge is 2.14. The van der Waals surface area contributed by atoms with Gasteiger partial charge in [-0.15, -0.1) is 0 Å². The van der Waals surface area contributed by atoms with Crippen molar-refractivity contribution in [2.45, 2.75) is 39.2 Å². The molecule has 0 aromatic heterocycles. The zero-order valence-corrected chi connectivity index (χ0v) is 11.9. The normalized spacial score (nSPS) is 11.1. The van der Waals surface area contributed by atoms with Crippen molar-refractivity contribution in [1.29, 1.82) is 0 Å². The molecule has 0 aliphatic rings. The zero-order chi connectivity index (χ0) is 15.3. The van der Waals surface area contributed by atoms with Gasteiger partial charge in [0.15, 0.2) is 0 Å². The third kappa shape index (κ3) is 5.79. The van der Waals surface area contributed by atoms with Crippen molar-refractivity contribution < 1.29 is 14.0 Å². The van der Waals surface area contributed by atoms with Gasteiger partial charge in [-0.3, -0.25) is 9.59 Å². The maximum absolute atomic E-state index is 13.6. The summed E-state index contributed by atoms with van der Waals surface area (Å²) in [5.74, 6) is -1.14. The molecule has 5 nitrogen and oxygen atoms in total. The van der Waals surface area contributed by atoms with Gasteiger partial charge in [0.1, 0.15) is 5.82 Å². The minimum Gasteiger partial charge on any atom is -0.326 e. The lowest BCUT2D eigenvalue weighted by Gasteiger charge is -2.17. The van der Waals surface area contributed by atoms with Crippen molar-refractivity contribution in [3.05, 3.63) is 24.0 Å². The van der Waals surface area contributed by atoms with Crippen LogP contribution in [0.1, 0.15) is 33.6 Å². The highest BCUT2D eigenvalue weighted by molar-refractivity contribution is 5.93. The first-order chi connectivity index (χ1) is 9.17. The fourth-order valence-corrected chi connectivity index (χ4v) is 1.55. The summed E-state index contributed by atoms with van der Waals surface area (Å²) in [5.41, 5.74) is 5.80. The van der Waals surface area contributed by atoms with E-state index in [2.05, 4.69) is 10.6 Å². The number of halogens is 1. The van der Waals surface area contributed by atoms with Crippen LogP contribution in [0.15, 0.2) is 18.2 Å². The van der Waals surface area contributed by atoms with Gasteiger partial charge < -0.3 is 16.4 Å². The standard InChI is InChI=1S/C14H20FN3O2/c1-9(19)17-10-4-5-11(15)12(8-10)18-13(20)6-7-14(2,3)16/h4-5,8H,6-7,16H2,1-3H3,(H,17,19)(H,18,20). The Hall–Kier alpha value is -1.95. The van der Waals surface area contributed by atoms with E-state index in [1.165, 1.54) is 25.1 Å². The fourth-order valence-electron chi connectivity index (χ4n) is 1.55. The molecule has 6 heteroatoms. The second-order valence-electron chi connectivity index (χ2n) is 5.41. The number of benzene rings is 1. The first kappa shape index (κ1) is 16.1. The minimum atomic E-state index is -0.556. The molecule has 0 heterocycles. The van der Waals surface area contributed by atoms with Crippen molar-refractivity contribution in [3.8, 4) is 0 Å². The number of nitrogens with one attached hydrogen (secondary N) is 2. The summed E-state index contributed by atoms with van der Waals surface area (Å²) < 4.78 is 13.6. The van der Waals surface area contributed by atoms with Gasteiger partial charge in [-0.05, 0) is 38.5 Å². The molecule has 1 aromatic rings. The van der Waals surface area contributed by atoms with E-state index in [1.54, 1.807) is 0 Å². The Labute approximate surface area is 117 Å². The Morgan fingerprint density at radius 3 is 2.50 bits per heavy atom. The van der Waals surface area contributed by atoms with E-state index in [1.807, 2.05) is 13.8 Å². The van der Waals surface area contributed by atoms with Crippen molar-refractivity contribution in [2.24, 2.45) is 5.73 Å². The van der Waals surface area contributed by atoms with Gasteiger partial charge in [-0.25, -0.2) is 4.39 Å². The van der Waals surface area contributed by atoms with Gasteiger partial charge in [0, 0.05) is 24.6 Å². The van der Waals surface area contributed by atoms with Crippen LogP contribution in [0.3, 0.4) is 0 Å². The smallest absolute Gasteiger partial charge is 0.224 e. The van der Waals surface area contributed by atoms with Gasteiger partial charge in [-0.1, -0.05) is 0 Å². The largest absolute Gasteiger partial charge is 0.326 e. The Kier molecular flexibility index (Phi) is 5.21. The number of hydrogen-bond acceptors (Lipinski definition) is 3. The van der Waals surface area contributed by atoms with Crippen LogP contribution in [0.5, 0.6) is 0 Å². The number of amides is 2. The highest BCUT2D eigenvalue weighted by atomic mass is 19.1. The molecule has 0 bridgehead atoms. The molecule has 1 rings (SSSR count). The van der Waals surface area contributed by atoms with E-state index < -0.39 is 11.4 Å². The highest BCUT2D eigenvalue weighted by Crippen LogP contribution is 2.20. The van der Waals surface area contributed by atoms with Gasteiger partial charge in [-0.2, -0.15) is 0 Å². The minimum absolute atomic E-state index is 0.0380. The van der Waals surface area contributed by atoms with Crippen molar-refractivity contribution in [1.82, 2.24) is 0 Å². The van der Waals surface area contributed by atoms with E-state index >= 15 is 0 Å². The Bertz CT molecular complexity index is 510. The number of carbonyl (C=O) groups is 2. The first-order valence-electron chi connectivity index (χ1n) is 6.33. The van der Waals surface area contributed by atoms with Crippen LogP contribution in [0, 0.1) is 5.82 Å². The fraction of sp³-hybridized carbons (Fsp3) is 0.429.